The molecule has 0 atom stereocenters. The Bertz CT molecular complexity index is 1090. The number of carbonyl (C=O) groups is 1. The van der Waals surface area contributed by atoms with Crippen molar-refractivity contribution in [3.63, 3.8) is 0 Å². The first-order valence-corrected chi connectivity index (χ1v) is 9.55. The maximum absolute atomic E-state index is 12.3. The van der Waals surface area contributed by atoms with E-state index in [-0.39, 0.29) is 5.91 Å². The number of pyridine rings is 1. The average molecular weight is 395 g/mol. The van der Waals surface area contributed by atoms with Crippen molar-refractivity contribution in [2.75, 3.05) is 5.32 Å². The van der Waals surface area contributed by atoms with Crippen LogP contribution < -0.4 is 10.1 Å². The van der Waals surface area contributed by atoms with Crippen molar-refractivity contribution in [3.05, 3.63) is 87.7 Å². The Morgan fingerprint density at radius 3 is 2.74 bits per heavy atom. The van der Waals surface area contributed by atoms with Crippen LogP contribution in [-0.2, 0) is 6.61 Å². The van der Waals surface area contributed by atoms with E-state index in [4.69, 9.17) is 16.3 Å². The molecule has 2 aromatic heterocycles. The standard InChI is InChI=1S/C21H15ClN2O2S/c22-17-6-8-20(23-11-17)24-21(25)19-9-14(13-27-19)12-26-18-7-5-15-3-1-2-4-16(15)10-18/h1-11,13H,12H2,(H,23,24,25). The van der Waals surface area contributed by atoms with Gasteiger partial charge in [0.2, 0.25) is 0 Å². The van der Waals surface area contributed by atoms with Crippen LogP contribution in [0.5, 0.6) is 5.75 Å². The van der Waals surface area contributed by atoms with Crippen LogP contribution in [0.25, 0.3) is 10.8 Å². The van der Waals surface area contributed by atoms with E-state index in [1.165, 1.54) is 22.9 Å². The predicted molar refractivity (Wildman–Crippen MR) is 110 cm³/mol. The van der Waals surface area contributed by atoms with Gasteiger partial charge in [0.25, 0.3) is 5.91 Å². The number of rotatable bonds is 5. The highest BCUT2D eigenvalue weighted by Gasteiger charge is 2.10. The Morgan fingerprint density at radius 2 is 1.93 bits per heavy atom. The molecule has 4 rings (SSSR count). The second-order valence-corrected chi connectivity index (χ2v) is 7.28. The third-order valence-electron chi connectivity index (χ3n) is 3.97. The van der Waals surface area contributed by atoms with Crippen LogP contribution >= 0.6 is 22.9 Å². The SMILES string of the molecule is O=C(Nc1ccc(Cl)cn1)c1cc(COc2ccc3ccccc3c2)cs1. The van der Waals surface area contributed by atoms with E-state index in [9.17, 15) is 4.79 Å². The summed E-state index contributed by atoms with van der Waals surface area (Å²) in [5.74, 6) is 1.06. The van der Waals surface area contributed by atoms with Crippen LogP contribution in [0.15, 0.2) is 72.2 Å². The van der Waals surface area contributed by atoms with Gasteiger partial charge >= 0.3 is 0 Å². The number of nitrogens with one attached hydrogen (secondary N) is 1. The lowest BCUT2D eigenvalue weighted by Gasteiger charge is -2.06. The predicted octanol–water partition coefficient (Wildman–Crippen LogP) is 5.78. The normalized spacial score (nSPS) is 10.7. The number of anilines is 1. The van der Waals surface area contributed by atoms with E-state index in [2.05, 4.69) is 22.4 Å². The molecule has 1 N–H and O–H groups in total. The molecule has 6 heteroatoms. The maximum Gasteiger partial charge on any atom is 0.266 e. The molecule has 0 saturated heterocycles. The molecule has 0 aliphatic heterocycles. The van der Waals surface area contributed by atoms with E-state index < -0.39 is 0 Å². The molecule has 1 amide bonds. The summed E-state index contributed by atoms with van der Waals surface area (Å²) in [6, 6.07) is 19.3. The average Bonchev–Trinajstić information content (AvgIpc) is 3.17. The van der Waals surface area contributed by atoms with Crippen molar-refractivity contribution in [1.82, 2.24) is 4.98 Å². The lowest BCUT2D eigenvalue weighted by molar-refractivity contribution is 0.103. The number of hydrogen-bond acceptors (Lipinski definition) is 4. The molecule has 0 spiro atoms. The zero-order valence-electron chi connectivity index (χ0n) is 14.2. The van der Waals surface area contributed by atoms with Crippen molar-refractivity contribution in [1.29, 1.82) is 0 Å². The second-order valence-electron chi connectivity index (χ2n) is 5.93. The third-order valence-corrected chi connectivity index (χ3v) is 5.17. The molecule has 0 bridgehead atoms. The first-order valence-electron chi connectivity index (χ1n) is 8.29. The highest BCUT2D eigenvalue weighted by molar-refractivity contribution is 7.12. The molecule has 0 fully saturated rings. The molecule has 134 valence electrons. The number of halogens is 1. The molecule has 2 aromatic carbocycles. The Kier molecular flexibility index (Phi) is 5.05. The quantitative estimate of drug-likeness (QED) is 0.466. The van der Waals surface area contributed by atoms with Crippen molar-refractivity contribution in [2.24, 2.45) is 0 Å². The van der Waals surface area contributed by atoms with Crippen LogP contribution in [0.4, 0.5) is 5.82 Å². The summed E-state index contributed by atoms with van der Waals surface area (Å²) in [7, 11) is 0. The monoisotopic (exact) mass is 394 g/mol. The largest absolute Gasteiger partial charge is 0.489 e. The van der Waals surface area contributed by atoms with Gasteiger partial charge in [0.15, 0.2) is 0 Å². The fourth-order valence-electron chi connectivity index (χ4n) is 2.62. The smallest absolute Gasteiger partial charge is 0.266 e. The number of aromatic nitrogens is 1. The molecular weight excluding hydrogens is 380 g/mol. The molecule has 4 nitrogen and oxygen atoms in total. The minimum absolute atomic E-state index is 0.202. The summed E-state index contributed by atoms with van der Waals surface area (Å²) >= 11 is 7.17. The van der Waals surface area contributed by atoms with Gasteiger partial charge in [0.1, 0.15) is 18.2 Å². The Hall–Kier alpha value is -2.89. The zero-order chi connectivity index (χ0) is 18.6. The number of fused-ring (bicyclic) bond motifs is 1. The van der Waals surface area contributed by atoms with Crippen molar-refractivity contribution in [3.8, 4) is 5.75 Å². The molecule has 4 aromatic rings. The molecule has 0 radical (unpaired) electrons. The first-order chi connectivity index (χ1) is 13.2. The van der Waals surface area contributed by atoms with Crippen LogP contribution in [-0.4, -0.2) is 10.9 Å². The van der Waals surface area contributed by atoms with Gasteiger partial charge in [0, 0.05) is 11.8 Å². The number of amides is 1. The van der Waals surface area contributed by atoms with Gasteiger partial charge in [-0.3, -0.25) is 4.79 Å². The summed E-state index contributed by atoms with van der Waals surface area (Å²) in [6.45, 7) is 0.404. The molecule has 27 heavy (non-hydrogen) atoms. The fraction of sp³-hybridized carbons (Fsp3) is 0.0476. The van der Waals surface area contributed by atoms with Crippen molar-refractivity contribution in [2.45, 2.75) is 6.61 Å². The topological polar surface area (TPSA) is 51.2 Å². The minimum Gasteiger partial charge on any atom is -0.489 e. The van der Waals surface area contributed by atoms with Gasteiger partial charge in [-0.15, -0.1) is 11.3 Å². The van der Waals surface area contributed by atoms with Crippen molar-refractivity contribution < 1.29 is 9.53 Å². The molecule has 2 heterocycles. The van der Waals surface area contributed by atoms with Crippen molar-refractivity contribution >= 4 is 45.4 Å². The van der Waals surface area contributed by atoms with Gasteiger partial charge in [-0.1, -0.05) is 41.9 Å². The number of thiophene rings is 1. The van der Waals surface area contributed by atoms with Gasteiger partial charge in [-0.05, 0) is 46.5 Å². The number of nitrogens with zero attached hydrogens (tertiary/aromatic N) is 1. The molecule has 0 saturated carbocycles. The van der Waals surface area contributed by atoms with Crippen LogP contribution in [0.2, 0.25) is 5.02 Å². The van der Waals surface area contributed by atoms with Crippen LogP contribution in [0, 0.1) is 0 Å². The molecule has 0 aliphatic carbocycles. The van der Waals surface area contributed by atoms with Crippen LogP contribution in [0.1, 0.15) is 15.2 Å². The Labute approximate surface area is 165 Å². The van der Waals surface area contributed by atoms with E-state index in [0.717, 1.165) is 16.7 Å². The molecular formula is C21H15ClN2O2S. The number of benzene rings is 2. The summed E-state index contributed by atoms with van der Waals surface area (Å²) in [4.78, 5) is 17.0. The Morgan fingerprint density at radius 1 is 1.07 bits per heavy atom. The van der Waals surface area contributed by atoms with Gasteiger partial charge < -0.3 is 10.1 Å². The molecule has 0 unspecified atom stereocenters. The summed E-state index contributed by atoms with van der Waals surface area (Å²) in [5.41, 5.74) is 0.947. The lowest BCUT2D eigenvalue weighted by Crippen LogP contribution is -2.11. The summed E-state index contributed by atoms with van der Waals surface area (Å²) in [5, 5.41) is 7.51. The first kappa shape index (κ1) is 17.5. The van der Waals surface area contributed by atoms with E-state index in [0.29, 0.717) is 22.3 Å². The van der Waals surface area contributed by atoms with Gasteiger partial charge in [0.05, 0.1) is 9.90 Å². The van der Waals surface area contributed by atoms with E-state index in [1.807, 2.05) is 41.8 Å². The summed E-state index contributed by atoms with van der Waals surface area (Å²) < 4.78 is 5.87. The maximum atomic E-state index is 12.3. The number of hydrogen-bond donors (Lipinski definition) is 1. The molecule has 0 aliphatic rings. The van der Waals surface area contributed by atoms with Gasteiger partial charge in [-0.25, -0.2) is 4.98 Å². The van der Waals surface area contributed by atoms with E-state index in [1.54, 1.807) is 12.1 Å². The number of ether oxygens (including phenoxy) is 1. The summed E-state index contributed by atoms with van der Waals surface area (Å²) in [6.07, 6.45) is 1.49. The fourth-order valence-corrected chi connectivity index (χ4v) is 3.53. The Balaban J connectivity index is 1.39. The highest BCUT2D eigenvalue weighted by Crippen LogP contribution is 2.23. The second kappa shape index (κ2) is 7.78. The third kappa shape index (κ3) is 4.27. The highest BCUT2D eigenvalue weighted by atomic mass is 35.5. The van der Waals surface area contributed by atoms with E-state index >= 15 is 0 Å². The lowest BCUT2D eigenvalue weighted by atomic mass is 10.1. The zero-order valence-corrected chi connectivity index (χ0v) is 15.8. The van der Waals surface area contributed by atoms with Gasteiger partial charge in [-0.2, -0.15) is 0 Å². The number of carbonyl (C=O) groups excluding carboxylic acids is 1. The van der Waals surface area contributed by atoms with Crippen LogP contribution in [0.3, 0.4) is 0 Å². The minimum atomic E-state index is -0.202.